The first-order valence-corrected chi connectivity index (χ1v) is 9.34. The predicted molar refractivity (Wildman–Crippen MR) is 103 cm³/mol. The Kier molecular flexibility index (Phi) is 6.12. The van der Waals surface area contributed by atoms with E-state index in [0.29, 0.717) is 31.1 Å². The summed E-state index contributed by atoms with van der Waals surface area (Å²) in [5, 5.41) is 6.34. The van der Waals surface area contributed by atoms with Crippen LogP contribution in [0, 0.1) is 5.92 Å². The highest BCUT2D eigenvalue weighted by molar-refractivity contribution is 5.94. The fourth-order valence-electron chi connectivity index (χ4n) is 3.06. The van der Waals surface area contributed by atoms with E-state index >= 15 is 0 Å². The Morgan fingerprint density at radius 1 is 1.23 bits per heavy atom. The number of rotatable bonds is 9. The van der Waals surface area contributed by atoms with E-state index in [4.69, 9.17) is 4.42 Å². The lowest BCUT2D eigenvalue weighted by atomic mass is 10.1. The van der Waals surface area contributed by atoms with Crippen LogP contribution >= 0.6 is 0 Å². The van der Waals surface area contributed by atoms with Gasteiger partial charge in [-0.3, -0.25) is 4.79 Å². The standard InChI is InChI=1S/C21H29N3O2/c1-15-11-19(15)20-8-7-18(26-20)14-22-13-16-5-4-6-17(12-16)21(25)23-9-10-24(2)3/h4-8,12,15,19,22H,9-11,13-14H2,1-3H3,(H,23,25). The van der Waals surface area contributed by atoms with Crippen molar-refractivity contribution < 1.29 is 9.21 Å². The van der Waals surface area contributed by atoms with Crippen molar-refractivity contribution in [1.29, 1.82) is 0 Å². The monoisotopic (exact) mass is 355 g/mol. The molecule has 1 aromatic carbocycles. The van der Waals surface area contributed by atoms with Crippen molar-refractivity contribution in [3.63, 3.8) is 0 Å². The maximum Gasteiger partial charge on any atom is 0.251 e. The average Bonchev–Trinajstić information content (AvgIpc) is 3.16. The minimum atomic E-state index is -0.0251. The summed E-state index contributed by atoms with van der Waals surface area (Å²) in [6, 6.07) is 11.9. The van der Waals surface area contributed by atoms with Gasteiger partial charge < -0.3 is 20.0 Å². The number of nitrogens with one attached hydrogen (secondary N) is 2. The van der Waals surface area contributed by atoms with Gasteiger partial charge >= 0.3 is 0 Å². The zero-order valence-electron chi connectivity index (χ0n) is 15.9. The van der Waals surface area contributed by atoms with Gasteiger partial charge in [0.1, 0.15) is 11.5 Å². The smallest absolute Gasteiger partial charge is 0.251 e. The van der Waals surface area contributed by atoms with Crippen molar-refractivity contribution in [3.8, 4) is 0 Å². The molecule has 0 bridgehead atoms. The third-order valence-corrected chi connectivity index (χ3v) is 4.82. The van der Waals surface area contributed by atoms with Crippen molar-refractivity contribution >= 4 is 5.91 Å². The molecular formula is C21H29N3O2. The van der Waals surface area contributed by atoms with E-state index in [1.165, 1.54) is 6.42 Å². The highest BCUT2D eigenvalue weighted by Gasteiger charge is 2.36. The van der Waals surface area contributed by atoms with Crippen LogP contribution in [0.25, 0.3) is 0 Å². The summed E-state index contributed by atoms with van der Waals surface area (Å²) in [7, 11) is 3.98. The third kappa shape index (κ3) is 5.19. The van der Waals surface area contributed by atoms with Gasteiger partial charge in [0, 0.05) is 31.1 Å². The summed E-state index contributed by atoms with van der Waals surface area (Å²) in [6.45, 7) is 5.14. The number of nitrogens with zero attached hydrogens (tertiary/aromatic N) is 1. The van der Waals surface area contributed by atoms with Crippen molar-refractivity contribution in [3.05, 3.63) is 59.0 Å². The van der Waals surface area contributed by atoms with Crippen LogP contribution < -0.4 is 10.6 Å². The fraction of sp³-hybridized carbons (Fsp3) is 0.476. The van der Waals surface area contributed by atoms with Crippen LogP contribution in [0.4, 0.5) is 0 Å². The van der Waals surface area contributed by atoms with Gasteiger partial charge in [0.05, 0.1) is 6.54 Å². The molecule has 1 aromatic heterocycles. The molecule has 1 aliphatic rings. The zero-order valence-corrected chi connectivity index (χ0v) is 15.9. The molecule has 1 aliphatic carbocycles. The summed E-state index contributed by atoms with van der Waals surface area (Å²) in [5.41, 5.74) is 1.79. The molecular weight excluding hydrogens is 326 g/mol. The molecule has 5 heteroatoms. The van der Waals surface area contributed by atoms with E-state index < -0.39 is 0 Å². The molecule has 3 rings (SSSR count). The average molecular weight is 355 g/mol. The SMILES string of the molecule is CC1CC1c1ccc(CNCc2cccc(C(=O)NCCN(C)C)c2)o1. The van der Waals surface area contributed by atoms with Gasteiger partial charge in [0.15, 0.2) is 0 Å². The maximum absolute atomic E-state index is 12.2. The van der Waals surface area contributed by atoms with Crippen molar-refractivity contribution in [1.82, 2.24) is 15.5 Å². The molecule has 2 atom stereocenters. The molecule has 1 saturated carbocycles. The van der Waals surface area contributed by atoms with E-state index in [0.717, 1.165) is 29.5 Å². The van der Waals surface area contributed by atoms with Crippen LogP contribution in [0.3, 0.4) is 0 Å². The first-order chi connectivity index (χ1) is 12.5. The summed E-state index contributed by atoms with van der Waals surface area (Å²) in [6.07, 6.45) is 1.24. The number of hydrogen-bond acceptors (Lipinski definition) is 4. The van der Waals surface area contributed by atoms with Gasteiger partial charge in [0.25, 0.3) is 5.91 Å². The Labute approximate surface area is 155 Å². The van der Waals surface area contributed by atoms with Crippen molar-refractivity contribution in [2.75, 3.05) is 27.2 Å². The summed E-state index contributed by atoms with van der Waals surface area (Å²) in [5.74, 6) is 3.44. The highest BCUT2D eigenvalue weighted by atomic mass is 16.3. The second-order valence-corrected chi connectivity index (χ2v) is 7.49. The third-order valence-electron chi connectivity index (χ3n) is 4.82. The molecule has 0 aliphatic heterocycles. The highest BCUT2D eigenvalue weighted by Crippen LogP contribution is 2.47. The second-order valence-electron chi connectivity index (χ2n) is 7.49. The molecule has 1 heterocycles. The summed E-state index contributed by atoms with van der Waals surface area (Å²) in [4.78, 5) is 14.3. The number of furan rings is 1. The summed E-state index contributed by atoms with van der Waals surface area (Å²) >= 11 is 0. The Hall–Kier alpha value is -2.11. The number of likely N-dealkylation sites (N-methyl/N-ethyl adjacent to an activating group) is 1. The molecule has 140 valence electrons. The van der Waals surface area contributed by atoms with Crippen LogP contribution in [0.15, 0.2) is 40.8 Å². The van der Waals surface area contributed by atoms with Crippen molar-refractivity contribution in [2.24, 2.45) is 5.92 Å². The fourth-order valence-corrected chi connectivity index (χ4v) is 3.06. The second kappa shape index (κ2) is 8.52. The largest absolute Gasteiger partial charge is 0.464 e. The zero-order chi connectivity index (χ0) is 18.5. The lowest BCUT2D eigenvalue weighted by molar-refractivity contribution is 0.0951. The molecule has 1 fully saturated rings. The topological polar surface area (TPSA) is 57.5 Å². The van der Waals surface area contributed by atoms with E-state index in [1.807, 2.05) is 43.3 Å². The molecule has 5 nitrogen and oxygen atoms in total. The van der Waals surface area contributed by atoms with Crippen LogP contribution in [-0.4, -0.2) is 38.0 Å². The van der Waals surface area contributed by atoms with Crippen LogP contribution in [0.1, 0.15) is 46.7 Å². The molecule has 2 unspecified atom stereocenters. The molecule has 26 heavy (non-hydrogen) atoms. The summed E-state index contributed by atoms with van der Waals surface area (Å²) < 4.78 is 5.91. The quantitative estimate of drug-likeness (QED) is 0.726. The van der Waals surface area contributed by atoms with E-state index in [1.54, 1.807) is 0 Å². The van der Waals surface area contributed by atoms with Gasteiger partial charge in [-0.25, -0.2) is 0 Å². The normalized spacial score (nSPS) is 18.9. The van der Waals surface area contributed by atoms with E-state index in [2.05, 4.69) is 29.7 Å². The van der Waals surface area contributed by atoms with E-state index in [-0.39, 0.29) is 5.91 Å². The first kappa shape index (κ1) is 18.7. The molecule has 2 aromatic rings. The van der Waals surface area contributed by atoms with Crippen LogP contribution in [0.5, 0.6) is 0 Å². The lowest BCUT2D eigenvalue weighted by Gasteiger charge is -2.11. The van der Waals surface area contributed by atoms with Crippen LogP contribution in [0.2, 0.25) is 0 Å². The lowest BCUT2D eigenvalue weighted by Crippen LogP contribution is -2.31. The number of carbonyl (C=O) groups excluding carboxylic acids is 1. The molecule has 2 N–H and O–H groups in total. The number of carbonyl (C=O) groups is 1. The maximum atomic E-state index is 12.2. The van der Waals surface area contributed by atoms with Crippen molar-refractivity contribution in [2.45, 2.75) is 32.4 Å². The number of hydrogen-bond donors (Lipinski definition) is 2. The number of benzene rings is 1. The van der Waals surface area contributed by atoms with Gasteiger partial charge in [0.2, 0.25) is 0 Å². The Balaban J connectivity index is 1.46. The van der Waals surface area contributed by atoms with E-state index in [9.17, 15) is 4.79 Å². The molecule has 0 saturated heterocycles. The number of amides is 1. The minimum absolute atomic E-state index is 0.0251. The minimum Gasteiger partial charge on any atom is -0.464 e. The predicted octanol–water partition coefficient (Wildman–Crippen LogP) is 2.98. The molecule has 0 radical (unpaired) electrons. The molecule has 1 amide bonds. The van der Waals surface area contributed by atoms with Gasteiger partial charge in [-0.1, -0.05) is 19.1 Å². The van der Waals surface area contributed by atoms with Gasteiger partial charge in [-0.15, -0.1) is 0 Å². The Morgan fingerprint density at radius 2 is 2.04 bits per heavy atom. The van der Waals surface area contributed by atoms with Gasteiger partial charge in [-0.05, 0) is 56.3 Å². The molecule has 0 spiro atoms. The first-order valence-electron chi connectivity index (χ1n) is 9.34. The van der Waals surface area contributed by atoms with Gasteiger partial charge in [-0.2, -0.15) is 0 Å². The Bertz CT molecular complexity index is 738. The Morgan fingerprint density at radius 3 is 2.77 bits per heavy atom. The van der Waals surface area contributed by atoms with Crippen LogP contribution in [-0.2, 0) is 13.1 Å².